The number of nitrogens with zero attached hydrogens (tertiary/aromatic N) is 2. The van der Waals surface area contributed by atoms with Gasteiger partial charge in [0.15, 0.2) is 0 Å². The number of ether oxygens (including phenoxy) is 1. The van der Waals surface area contributed by atoms with Crippen molar-refractivity contribution >= 4 is 5.91 Å². The largest absolute Gasteiger partial charge is 0.508 e. The lowest BCUT2D eigenvalue weighted by atomic mass is 10.1. The van der Waals surface area contributed by atoms with E-state index in [-0.39, 0.29) is 17.7 Å². The molecule has 0 fully saturated rings. The first kappa shape index (κ1) is 14.9. The van der Waals surface area contributed by atoms with Crippen LogP contribution in [0.1, 0.15) is 34.7 Å². The van der Waals surface area contributed by atoms with Crippen molar-refractivity contribution in [3.05, 3.63) is 41.2 Å². The summed E-state index contributed by atoms with van der Waals surface area (Å²) >= 11 is 0. The second kappa shape index (κ2) is 5.87. The van der Waals surface area contributed by atoms with E-state index in [1.807, 2.05) is 6.92 Å². The van der Waals surface area contributed by atoms with Crippen LogP contribution in [0.25, 0.3) is 0 Å². The van der Waals surface area contributed by atoms with Crippen molar-refractivity contribution in [1.82, 2.24) is 15.1 Å². The van der Waals surface area contributed by atoms with Crippen LogP contribution in [-0.4, -0.2) is 27.9 Å². The molecule has 2 aromatic rings. The molecular weight excluding hydrogens is 270 g/mol. The first-order chi connectivity index (χ1) is 9.92. The van der Waals surface area contributed by atoms with Gasteiger partial charge < -0.3 is 15.2 Å². The Balaban J connectivity index is 2.19. The smallest absolute Gasteiger partial charge is 0.270 e. The predicted molar refractivity (Wildman–Crippen MR) is 78.5 cm³/mol. The van der Waals surface area contributed by atoms with Gasteiger partial charge in [0.2, 0.25) is 0 Å². The second-order valence-corrected chi connectivity index (χ2v) is 4.91. The number of aryl methyl sites for hydroxylation is 2. The topological polar surface area (TPSA) is 76.4 Å². The number of carbonyl (C=O) groups excluding carboxylic acids is 1. The second-order valence-electron chi connectivity index (χ2n) is 4.91. The number of rotatable bonds is 4. The van der Waals surface area contributed by atoms with Gasteiger partial charge in [-0.25, -0.2) is 0 Å². The number of phenolic OH excluding ortho intramolecular Hbond substituents is 1. The lowest BCUT2D eigenvalue weighted by Gasteiger charge is -2.16. The zero-order chi connectivity index (χ0) is 15.6. The normalized spacial score (nSPS) is 12.0. The Hall–Kier alpha value is -2.50. The Bertz CT molecular complexity index is 664. The molecule has 0 aliphatic heterocycles. The number of phenols is 1. The van der Waals surface area contributed by atoms with Gasteiger partial charge in [0, 0.05) is 12.6 Å². The number of hydrogen-bond acceptors (Lipinski definition) is 4. The summed E-state index contributed by atoms with van der Waals surface area (Å²) in [6.45, 7) is 3.63. The summed E-state index contributed by atoms with van der Waals surface area (Å²) < 4.78 is 6.66. The molecular formula is C15H19N3O3. The number of methoxy groups -OCH3 is 1. The van der Waals surface area contributed by atoms with Crippen LogP contribution in [0.4, 0.5) is 0 Å². The number of nitrogens with one attached hydrogen (secondary N) is 1. The first-order valence-electron chi connectivity index (χ1n) is 6.60. The fraction of sp³-hybridized carbons (Fsp3) is 0.333. The average Bonchev–Trinajstić information content (AvgIpc) is 2.78. The van der Waals surface area contributed by atoms with E-state index in [9.17, 15) is 9.90 Å². The molecule has 0 spiro atoms. The molecule has 2 N–H and O–H groups in total. The van der Waals surface area contributed by atoms with Crippen LogP contribution in [0.5, 0.6) is 11.5 Å². The molecule has 2 rings (SSSR count). The van der Waals surface area contributed by atoms with Gasteiger partial charge in [-0.05, 0) is 38.1 Å². The first-order valence-corrected chi connectivity index (χ1v) is 6.60. The standard InChI is InChI=1S/C15H19N3O3/c1-9-7-13(18(3)17-9)15(20)16-10(2)12-8-11(21-4)5-6-14(12)19/h5-8,10,19H,1-4H3,(H,16,20). The van der Waals surface area contributed by atoms with Crippen LogP contribution < -0.4 is 10.1 Å². The molecule has 21 heavy (non-hydrogen) atoms. The van der Waals surface area contributed by atoms with E-state index in [1.54, 1.807) is 45.3 Å². The summed E-state index contributed by atoms with van der Waals surface area (Å²) in [4.78, 5) is 12.2. The molecule has 1 unspecified atom stereocenters. The molecule has 112 valence electrons. The molecule has 1 amide bonds. The minimum atomic E-state index is -0.359. The van der Waals surface area contributed by atoms with Gasteiger partial charge in [-0.1, -0.05) is 0 Å². The summed E-state index contributed by atoms with van der Waals surface area (Å²) in [5.74, 6) is 0.498. The molecule has 0 aliphatic rings. The molecule has 1 atom stereocenters. The number of amides is 1. The van der Waals surface area contributed by atoms with Gasteiger partial charge in [-0.2, -0.15) is 5.10 Å². The van der Waals surface area contributed by atoms with E-state index in [1.165, 1.54) is 4.68 Å². The molecule has 0 saturated heterocycles. The molecule has 6 nitrogen and oxygen atoms in total. The Morgan fingerprint density at radius 1 is 1.43 bits per heavy atom. The zero-order valence-electron chi connectivity index (χ0n) is 12.5. The highest BCUT2D eigenvalue weighted by Gasteiger charge is 2.17. The Morgan fingerprint density at radius 2 is 2.14 bits per heavy atom. The maximum Gasteiger partial charge on any atom is 0.270 e. The van der Waals surface area contributed by atoms with Crippen molar-refractivity contribution in [3.8, 4) is 11.5 Å². The fourth-order valence-electron chi connectivity index (χ4n) is 2.18. The van der Waals surface area contributed by atoms with Crippen LogP contribution >= 0.6 is 0 Å². The Labute approximate surface area is 123 Å². The van der Waals surface area contributed by atoms with Gasteiger partial charge in [-0.15, -0.1) is 0 Å². The van der Waals surface area contributed by atoms with Gasteiger partial charge >= 0.3 is 0 Å². The molecule has 6 heteroatoms. The lowest BCUT2D eigenvalue weighted by molar-refractivity contribution is 0.0930. The predicted octanol–water partition coefficient (Wildman–Crippen LogP) is 1.93. The molecule has 0 bridgehead atoms. The Kier molecular flexibility index (Phi) is 4.16. The molecule has 1 heterocycles. The van der Waals surface area contributed by atoms with Crippen molar-refractivity contribution in [1.29, 1.82) is 0 Å². The number of hydrogen-bond donors (Lipinski definition) is 2. The van der Waals surface area contributed by atoms with Gasteiger partial charge in [0.1, 0.15) is 17.2 Å². The van der Waals surface area contributed by atoms with Crippen molar-refractivity contribution in [3.63, 3.8) is 0 Å². The molecule has 0 radical (unpaired) electrons. The van der Waals surface area contributed by atoms with Crippen LogP contribution in [0.2, 0.25) is 0 Å². The third-order valence-electron chi connectivity index (χ3n) is 3.28. The summed E-state index contributed by atoms with van der Waals surface area (Å²) in [5.41, 5.74) is 1.85. The zero-order valence-corrected chi connectivity index (χ0v) is 12.5. The number of aromatic hydroxyl groups is 1. The van der Waals surface area contributed by atoms with E-state index in [0.717, 1.165) is 5.69 Å². The highest BCUT2D eigenvalue weighted by atomic mass is 16.5. The highest BCUT2D eigenvalue weighted by molar-refractivity contribution is 5.93. The fourth-order valence-corrected chi connectivity index (χ4v) is 2.18. The maximum atomic E-state index is 12.2. The molecule has 1 aromatic heterocycles. The van der Waals surface area contributed by atoms with E-state index in [4.69, 9.17) is 4.74 Å². The minimum Gasteiger partial charge on any atom is -0.508 e. The molecule has 0 saturated carbocycles. The average molecular weight is 289 g/mol. The summed E-state index contributed by atoms with van der Waals surface area (Å²) in [6, 6.07) is 6.27. The quantitative estimate of drug-likeness (QED) is 0.901. The number of carbonyl (C=O) groups is 1. The van der Waals surface area contributed by atoms with Crippen molar-refractivity contribution in [2.75, 3.05) is 7.11 Å². The summed E-state index contributed by atoms with van der Waals surface area (Å²) in [5, 5.41) is 16.9. The van der Waals surface area contributed by atoms with Crippen molar-refractivity contribution in [2.45, 2.75) is 19.9 Å². The van der Waals surface area contributed by atoms with Gasteiger partial charge in [-0.3, -0.25) is 9.48 Å². The van der Waals surface area contributed by atoms with Crippen LogP contribution in [0.15, 0.2) is 24.3 Å². The Morgan fingerprint density at radius 3 is 2.71 bits per heavy atom. The van der Waals surface area contributed by atoms with Crippen molar-refractivity contribution < 1.29 is 14.6 Å². The summed E-state index contributed by atoms with van der Waals surface area (Å²) in [7, 11) is 3.27. The van der Waals surface area contributed by atoms with Gasteiger partial charge in [0.25, 0.3) is 5.91 Å². The van der Waals surface area contributed by atoms with E-state index < -0.39 is 0 Å². The van der Waals surface area contributed by atoms with Gasteiger partial charge in [0.05, 0.1) is 18.8 Å². The third kappa shape index (κ3) is 3.16. The number of benzene rings is 1. The lowest BCUT2D eigenvalue weighted by Crippen LogP contribution is -2.28. The molecule has 0 aliphatic carbocycles. The highest BCUT2D eigenvalue weighted by Crippen LogP contribution is 2.28. The maximum absolute atomic E-state index is 12.2. The van der Waals surface area contributed by atoms with Crippen LogP contribution in [0, 0.1) is 6.92 Å². The van der Waals surface area contributed by atoms with Crippen molar-refractivity contribution in [2.24, 2.45) is 7.05 Å². The summed E-state index contributed by atoms with van der Waals surface area (Å²) in [6.07, 6.45) is 0. The van der Waals surface area contributed by atoms with E-state index >= 15 is 0 Å². The van der Waals surface area contributed by atoms with E-state index in [0.29, 0.717) is 17.0 Å². The monoisotopic (exact) mass is 289 g/mol. The third-order valence-corrected chi connectivity index (χ3v) is 3.28. The SMILES string of the molecule is COc1ccc(O)c(C(C)NC(=O)c2cc(C)nn2C)c1. The number of aromatic nitrogens is 2. The molecule has 1 aromatic carbocycles. The van der Waals surface area contributed by atoms with Crippen LogP contribution in [-0.2, 0) is 7.05 Å². The minimum absolute atomic E-state index is 0.116. The van der Waals surface area contributed by atoms with Crippen LogP contribution in [0.3, 0.4) is 0 Å². The van der Waals surface area contributed by atoms with E-state index in [2.05, 4.69) is 10.4 Å².